The molecule has 0 bridgehead atoms. The molecule has 1 aliphatic heterocycles. The van der Waals surface area contributed by atoms with E-state index in [0.717, 1.165) is 25.9 Å². The quantitative estimate of drug-likeness (QED) is 0.637. The van der Waals surface area contributed by atoms with Crippen molar-refractivity contribution >= 4 is 11.4 Å². The molecule has 0 spiro atoms. The lowest BCUT2D eigenvalue weighted by molar-refractivity contribution is -0.384. The Bertz CT molecular complexity index is 504. The van der Waals surface area contributed by atoms with Gasteiger partial charge in [-0.1, -0.05) is 6.07 Å². The molecule has 0 amide bonds. The Labute approximate surface area is 111 Å². The summed E-state index contributed by atoms with van der Waals surface area (Å²) in [5.41, 5.74) is 0.389. The van der Waals surface area contributed by atoms with Crippen molar-refractivity contribution in [2.45, 2.75) is 12.8 Å². The van der Waals surface area contributed by atoms with Crippen molar-refractivity contribution in [2.24, 2.45) is 5.92 Å². The molecule has 6 nitrogen and oxygen atoms in total. The topological polar surface area (TPSA) is 91.0 Å². The van der Waals surface area contributed by atoms with Crippen LogP contribution in [0.4, 0.5) is 11.4 Å². The van der Waals surface area contributed by atoms with Crippen LogP contribution in [0, 0.1) is 27.4 Å². The Morgan fingerprint density at radius 3 is 3.05 bits per heavy atom. The molecule has 0 aliphatic carbocycles. The number of piperidine rings is 1. The minimum Gasteiger partial charge on any atom is -0.379 e. The highest BCUT2D eigenvalue weighted by Gasteiger charge is 2.20. The molecule has 1 aromatic carbocycles. The number of nitro groups is 1. The molecule has 19 heavy (non-hydrogen) atoms. The highest BCUT2D eigenvalue weighted by atomic mass is 16.6. The number of nitrogens with zero attached hydrogens (tertiary/aromatic N) is 2. The summed E-state index contributed by atoms with van der Waals surface area (Å²) in [5, 5.41) is 26.4. The SMILES string of the molecule is N#Cc1cccc(NCC2CCCNC2)c1[N+](=O)[O-]. The maximum Gasteiger partial charge on any atom is 0.309 e. The molecule has 2 N–H and O–H groups in total. The average molecular weight is 260 g/mol. The zero-order chi connectivity index (χ0) is 13.7. The molecular formula is C13H16N4O2. The normalized spacial score (nSPS) is 18.6. The summed E-state index contributed by atoms with van der Waals surface area (Å²) >= 11 is 0. The van der Waals surface area contributed by atoms with E-state index in [0.29, 0.717) is 18.2 Å². The molecule has 2 rings (SSSR count). The van der Waals surface area contributed by atoms with Gasteiger partial charge in [-0.15, -0.1) is 0 Å². The molecule has 0 saturated carbocycles. The molecule has 1 unspecified atom stereocenters. The number of anilines is 1. The standard InChI is InChI=1S/C13H16N4O2/c14-7-11-4-1-5-12(13(11)17(18)19)16-9-10-3-2-6-15-8-10/h1,4-5,10,15-16H,2-3,6,8-9H2. The average Bonchev–Trinajstić information content (AvgIpc) is 2.45. The third-order valence-corrected chi connectivity index (χ3v) is 3.32. The van der Waals surface area contributed by atoms with Crippen LogP contribution in [-0.2, 0) is 0 Å². The Balaban J connectivity index is 2.11. The van der Waals surface area contributed by atoms with Crippen LogP contribution in [0.1, 0.15) is 18.4 Å². The van der Waals surface area contributed by atoms with Gasteiger partial charge in [0.1, 0.15) is 17.3 Å². The predicted octanol–water partition coefficient (Wildman–Crippen LogP) is 1.88. The van der Waals surface area contributed by atoms with E-state index in [1.54, 1.807) is 12.1 Å². The summed E-state index contributed by atoms with van der Waals surface area (Å²) in [6.45, 7) is 2.65. The van der Waals surface area contributed by atoms with E-state index in [1.807, 2.05) is 6.07 Å². The first-order valence-corrected chi connectivity index (χ1v) is 6.34. The molecular weight excluding hydrogens is 244 g/mol. The second-order valence-electron chi connectivity index (χ2n) is 4.66. The molecule has 0 radical (unpaired) electrons. The smallest absolute Gasteiger partial charge is 0.309 e. The fourth-order valence-corrected chi connectivity index (χ4v) is 2.33. The monoisotopic (exact) mass is 260 g/mol. The van der Waals surface area contributed by atoms with Gasteiger partial charge in [-0.25, -0.2) is 0 Å². The van der Waals surface area contributed by atoms with E-state index < -0.39 is 4.92 Å². The van der Waals surface area contributed by atoms with Gasteiger partial charge in [0.15, 0.2) is 0 Å². The lowest BCUT2D eigenvalue weighted by Crippen LogP contribution is -2.33. The van der Waals surface area contributed by atoms with Crippen molar-refractivity contribution in [3.05, 3.63) is 33.9 Å². The van der Waals surface area contributed by atoms with Gasteiger partial charge in [-0.3, -0.25) is 10.1 Å². The van der Waals surface area contributed by atoms with E-state index >= 15 is 0 Å². The van der Waals surface area contributed by atoms with Crippen LogP contribution in [0.15, 0.2) is 18.2 Å². The number of hydrogen-bond donors (Lipinski definition) is 2. The third-order valence-electron chi connectivity index (χ3n) is 3.32. The lowest BCUT2D eigenvalue weighted by Gasteiger charge is -2.23. The summed E-state index contributed by atoms with van der Waals surface area (Å²) < 4.78 is 0. The van der Waals surface area contributed by atoms with Crippen LogP contribution >= 0.6 is 0 Å². The fraction of sp³-hybridized carbons (Fsp3) is 0.462. The van der Waals surface area contributed by atoms with E-state index in [9.17, 15) is 10.1 Å². The van der Waals surface area contributed by atoms with Gasteiger partial charge in [0.25, 0.3) is 0 Å². The van der Waals surface area contributed by atoms with Gasteiger partial charge in [0, 0.05) is 6.54 Å². The molecule has 1 aliphatic rings. The first-order chi connectivity index (χ1) is 9.22. The van der Waals surface area contributed by atoms with Gasteiger partial charge >= 0.3 is 5.69 Å². The van der Waals surface area contributed by atoms with Crippen molar-refractivity contribution in [3.63, 3.8) is 0 Å². The van der Waals surface area contributed by atoms with E-state index in [-0.39, 0.29) is 11.3 Å². The third kappa shape index (κ3) is 3.20. The van der Waals surface area contributed by atoms with Crippen LogP contribution in [-0.4, -0.2) is 24.6 Å². The second kappa shape index (κ2) is 6.16. The Morgan fingerprint density at radius 1 is 1.58 bits per heavy atom. The highest BCUT2D eigenvalue weighted by Crippen LogP contribution is 2.28. The second-order valence-corrected chi connectivity index (χ2v) is 4.66. The first-order valence-electron chi connectivity index (χ1n) is 6.34. The number of hydrogen-bond acceptors (Lipinski definition) is 5. The maximum absolute atomic E-state index is 11.1. The van der Waals surface area contributed by atoms with Gasteiger partial charge < -0.3 is 10.6 Å². The molecule has 1 atom stereocenters. The number of nitrogens with one attached hydrogen (secondary N) is 2. The number of rotatable bonds is 4. The summed E-state index contributed by atoms with van der Waals surface area (Å²) in [5.74, 6) is 0.471. The molecule has 0 aromatic heterocycles. The highest BCUT2D eigenvalue weighted by molar-refractivity contribution is 5.68. The van der Waals surface area contributed by atoms with Gasteiger partial charge in [-0.05, 0) is 44.0 Å². The Hall–Kier alpha value is -2.13. The van der Waals surface area contributed by atoms with Crippen LogP contribution in [0.3, 0.4) is 0 Å². The molecule has 100 valence electrons. The minimum atomic E-state index is -0.500. The first kappa shape index (κ1) is 13.3. The van der Waals surface area contributed by atoms with Crippen molar-refractivity contribution in [3.8, 4) is 6.07 Å². The van der Waals surface area contributed by atoms with Gasteiger partial charge in [-0.2, -0.15) is 5.26 Å². The van der Waals surface area contributed by atoms with Crippen LogP contribution in [0.2, 0.25) is 0 Å². The molecule has 1 heterocycles. The van der Waals surface area contributed by atoms with E-state index in [2.05, 4.69) is 10.6 Å². The Kier molecular flexibility index (Phi) is 4.31. The van der Waals surface area contributed by atoms with E-state index in [1.165, 1.54) is 6.07 Å². The van der Waals surface area contributed by atoms with Crippen LogP contribution < -0.4 is 10.6 Å². The minimum absolute atomic E-state index is 0.0942. The van der Waals surface area contributed by atoms with Gasteiger partial charge in [0.05, 0.1) is 4.92 Å². The van der Waals surface area contributed by atoms with Crippen molar-refractivity contribution in [1.82, 2.24) is 5.32 Å². The molecule has 1 fully saturated rings. The number of nitriles is 1. The molecule has 6 heteroatoms. The molecule has 1 saturated heterocycles. The Morgan fingerprint density at radius 2 is 2.42 bits per heavy atom. The largest absolute Gasteiger partial charge is 0.379 e. The summed E-state index contributed by atoms with van der Waals surface area (Å²) in [6, 6.07) is 6.63. The maximum atomic E-state index is 11.1. The van der Waals surface area contributed by atoms with Gasteiger partial charge in [0.2, 0.25) is 0 Å². The number of para-hydroxylation sites is 1. The zero-order valence-electron chi connectivity index (χ0n) is 10.6. The van der Waals surface area contributed by atoms with E-state index in [4.69, 9.17) is 5.26 Å². The van der Waals surface area contributed by atoms with Crippen molar-refractivity contribution in [1.29, 1.82) is 5.26 Å². The zero-order valence-corrected chi connectivity index (χ0v) is 10.6. The molecule has 1 aromatic rings. The van der Waals surface area contributed by atoms with Crippen LogP contribution in [0.25, 0.3) is 0 Å². The summed E-state index contributed by atoms with van der Waals surface area (Å²) in [7, 11) is 0. The van der Waals surface area contributed by atoms with Crippen molar-refractivity contribution < 1.29 is 4.92 Å². The fourth-order valence-electron chi connectivity index (χ4n) is 2.33. The summed E-state index contributed by atoms with van der Waals surface area (Å²) in [4.78, 5) is 10.6. The summed E-state index contributed by atoms with van der Waals surface area (Å²) in [6.07, 6.45) is 2.25. The number of nitro benzene ring substituents is 1. The lowest BCUT2D eigenvalue weighted by atomic mass is 9.99. The van der Waals surface area contributed by atoms with Crippen molar-refractivity contribution in [2.75, 3.05) is 25.0 Å². The number of benzene rings is 1. The predicted molar refractivity (Wildman–Crippen MR) is 71.9 cm³/mol. The van der Waals surface area contributed by atoms with Crippen LogP contribution in [0.5, 0.6) is 0 Å².